The minimum Gasteiger partial charge on any atom is -0.383 e. The normalized spacial score (nSPS) is 12.4. The minimum absolute atomic E-state index is 0.0650. The van der Waals surface area contributed by atoms with Gasteiger partial charge in [-0.2, -0.15) is 0 Å². The molecule has 6 heteroatoms. The van der Waals surface area contributed by atoms with Gasteiger partial charge in [-0.15, -0.1) is 0 Å². The number of carbonyl (C=O) groups is 1. The maximum atomic E-state index is 11.7. The second-order valence-corrected chi connectivity index (χ2v) is 3.41. The highest BCUT2D eigenvalue weighted by molar-refractivity contribution is 5.79. The van der Waals surface area contributed by atoms with Crippen molar-refractivity contribution in [3.05, 3.63) is 18.2 Å². The molecule has 1 unspecified atom stereocenters. The zero-order valence-corrected chi connectivity index (χ0v) is 9.64. The van der Waals surface area contributed by atoms with E-state index in [1.165, 1.54) is 0 Å². The molecule has 90 valence electrons. The number of aromatic nitrogens is 2. The van der Waals surface area contributed by atoms with Crippen LogP contribution in [0, 0.1) is 0 Å². The molecule has 1 rings (SSSR count). The standard InChI is InChI=1S/C10H18N4O2/c1-8(10(15)13-4-6-16-2)14-5-3-12-9(14)7-11/h3,5,8H,4,6-7,11H2,1-2H3,(H,13,15). The molecule has 0 aromatic carbocycles. The Bertz CT molecular complexity index is 337. The minimum atomic E-state index is -0.307. The summed E-state index contributed by atoms with van der Waals surface area (Å²) in [6.45, 7) is 3.14. The second-order valence-electron chi connectivity index (χ2n) is 3.41. The number of rotatable bonds is 6. The molecule has 16 heavy (non-hydrogen) atoms. The summed E-state index contributed by atoms with van der Waals surface area (Å²) >= 11 is 0. The van der Waals surface area contributed by atoms with E-state index in [4.69, 9.17) is 10.5 Å². The molecule has 0 radical (unpaired) electrons. The smallest absolute Gasteiger partial charge is 0.242 e. The molecular weight excluding hydrogens is 208 g/mol. The molecular formula is C10H18N4O2. The Kier molecular flexibility index (Phi) is 4.94. The highest BCUT2D eigenvalue weighted by Gasteiger charge is 2.16. The van der Waals surface area contributed by atoms with E-state index in [-0.39, 0.29) is 11.9 Å². The number of ether oxygens (including phenoxy) is 1. The summed E-state index contributed by atoms with van der Waals surface area (Å²) in [6, 6.07) is -0.307. The number of amides is 1. The van der Waals surface area contributed by atoms with Gasteiger partial charge in [-0.05, 0) is 6.92 Å². The quantitative estimate of drug-likeness (QED) is 0.650. The molecule has 0 aliphatic heterocycles. The zero-order chi connectivity index (χ0) is 12.0. The Hall–Kier alpha value is -1.40. The van der Waals surface area contributed by atoms with Gasteiger partial charge in [-0.1, -0.05) is 0 Å². The maximum Gasteiger partial charge on any atom is 0.242 e. The van der Waals surface area contributed by atoms with Crippen molar-refractivity contribution in [3.63, 3.8) is 0 Å². The molecule has 0 spiro atoms. The third-order valence-corrected chi connectivity index (χ3v) is 2.33. The van der Waals surface area contributed by atoms with Crippen molar-refractivity contribution in [1.29, 1.82) is 0 Å². The Morgan fingerprint density at radius 1 is 1.75 bits per heavy atom. The first kappa shape index (κ1) is 12.7. The van der Waals surface area contributed by atoms with E-state index in [1.807, 2.05) is 6.92 Å². The molecule has 6 nitrogen and oxygen atoms in total. The van der Waals surface area contributed by atoms with Crippen LogP contribution in [0.4, 0.5) is 0 Å². The maximum absolute atomic E-state index is 11.7. The van der Waals surface area contributed by atoms with Crippen molar-refractivity contribution >= 4 is 5.91 Å². The van der Waals surface area contributed by atoms with E-state index in [1.54, 1.807) is 24.1 Å². The van der Waals surface area contributed by atoms with Gasteiger partial charge in [0.15, 0.2) is 0 Å². The lowest BCUT2D eigenvalue weighted by atomic mass is 10.3. The molecule has 3 N–H and O–H groups in total. The van der Waals surface area contributed by atoms with Crippen molar-refractivity contribution < 1.29 is 9.53 Å². The topological polar surface area (TPSA) is 82.2 Å². The number of nitrogens with one attached hydrogen (secondary N) is 1. The lowest BCUT2D eigenvalue weighted by Gasteiger charge is -2.15. The molecule has 1 amide bonds. The Morgan fingerprint density at radius 3 is 3.12 bits per heavy atom. The molecule has 0 aliphatic carbocycles. The van der Waals surface area contributed by atoms with E-state index < -0.39 is 0 Å². The average Bonchev–Trinajstić information content (AvgIpc) is 2.76. The molecule has 0 bridgehead atoms. The zero-order valence-electron chi connectivity index (χ0n) is 9.64. The Morgan fingerprint density at radius 2 is 2.50 bits per heavy atom. The van der Waals surface area contributed by atoms with Crippen molar-refractivity contribution in [3.8, 4) is 0 Å². The number of imidazole rings is 1. The molecule has 1 atom stereocenters. The summed E-state index contributed by atoms with van der Waals surface area (Å²) in [7, 11) is 1.60. The first-order valence-electron chi connectivity index (χ1n) is 5.19. The van der Waals surface area contributed by atoms with Crippen molar-refractivity contribution in [2.75, 3.05) is 20.3 Å². The van der Waals surface area contributed by atoms with Crippen LogP contribution in [0.15, 0.2) is 12.4 Å². The Labute approximate surface area is 94.8 Å². The summed E-state index contributed by atoms with van der Waals surface area (Å²) < 4.78 is 6.62. The lowest BCUT2D eigenvalue weighted by molar-refractivity contribution is -0.124. The monoisotopic (exact) mass is 226 g/mol. The second kappa shape index (κ2) is 6.24. The molecule has 1 heterocycles. The van der Waals surface area contributed by atoms with E-state index in [2.05, 4.69) is 10.3 Å². The largest absolute Gasteiger partial charge is 0.383 e. The SMILES string of the molecule is COCCNC(=O)C(C)n1ccnc1CN. The third-order valence-electron chi connectivity index (χ3n) is 2.33. The molecule has 0 saturated carbocycles. The van der Waals surface area contributed by atoms with Gasteiger partial charge in [-0.3, -0.25) is 4.79 Å². The number of nitrogens with zero attached hydrogens (tertiary/aromatic N) is 2. The summed E-state index contributed by atoms with van der Waals surface area (Å²) in [6.07, 6.45) is 3.39. The summed E-state index contributed by atoms with van der Waals surface area (Å²) in [5.74, 6) is 0.638. The van der Waals surface area contributed by atoms with E-state index in [0.717, 1.165) is 0 Å². The number of nitrogens with two attached hydrogens (primary N) is 1. The Balaban J connectivity index is 2.56. The number of methoxy groups -OCH3 is 1. The van der Waals surface area contributed by atoms with Gasteiger partial charge in [0.25, 0.3) is 0 Å². The highest BCUT2D eigenvalue weighted by Crippen LogP contribution is 2.08. The average molecular weight is 226 g/mol. The van der Waals surface area contributed by atoms with Crippen LogP contribution in [0.5, 0.6) is 0 Å². The number of hydrogen-bond donors (Lipinski definition) is 2. The molecule has 1 aromatic rings. The van der Waals surface area contributed by atoms with E-state index in [9.17, 15) is 4.79 Å². The van der Waals surface area contributed by atoms with Crippen LogP contribution in [-0.2, 0) is 16.1 Å². The fourth-order valence-electron chi connectivity index (χ4n) is 1.40. The molecule has 1 aromatic heterocycles. The first-order chi connectivity index (χ1) is 7.70. The van der Waals surface area contributed by atoms with Crippen LogP contribution in [0.2, 0.25) is 0 Å². The summed E-state index contributed by atoms with van der Waals surface area (Å²) in [5.41, 5.74) is 5.52. The van der Waals surface area contributed by atoms with Gasteiger partial charge in [0, 0.05) is 26.0 Å². The predicted molar refractivity (Wildman–Crippen MR) is 59.7 cm³/mol. The van der Waals surface area contributed by atoms with Gasteiger partial charge in [0.1, 0.15) is 11.9 Å². The van der Waals surface area contributed by atoms with Gasteiger partial charge in [0.2, 0.25) is 5.91 Å². The van der Waals surface area contributed by atoms with Crippen LogP contribution in [0.25, 0.3) is 0 Å². The molecule has 0 saturated heterocycles. The van der Waals surface area contributed by atoms with Gasteiger partial charge < -0.3 is 20.4 Å². The van der Waals surface area contributed by atoms with Crippen molar-refractivity contribution in [1.82, 2.24) is 14.9 Å². The van der Waals surface area contributed by atoms with Crippen molar-refractivity contribution in [2.45, 2.75) is 19.5 Å². The highest BCUT2D eigenvalue weighted by atomic mass is 16.5. The van der Waals surface area contributed by atoms with Gasteiger partial charge >= 0.3 is 0 Å². The third kappa shape index (κ3) is 3.04. The van der Waals surface area contributed by atoms with E-state index >= 15 is 0 Å². The van der Waals surface area contributed by atoms with Gasteiger partial charge in [-0.25, -0.2) is 4.98 Å². The van der Waals surface area contributed by atoms with Crippen LogP contribution in [0.1, 0.15) is 18.8 Å². The van der Waals surface area contributed by atoms with Crippen LogP contribution >= 0.6 is 0 Å². The van der Waals surface area contributed by atoms with E-state index in [0.29, 0.717) is 25.5 Å². The number of carbonyl (C=O) groups excluding carboxylic acids is 1. The van der Waals surface area contributed by atoms with Crippen LogP contribution in [-0.4, -0.2) is 35.7 Å². The first-order valence-corrected chi connectivity index (χ1v) is 5.19. The van der Waals surface area contributed by atoms with Crippen molar-refractivity contribution in [2.24, 2.45) is 5.73 Å². The van der Waals surface area contributed by atoms with Crippen LogP contribution in [0.3, 0.4) is 0 Å². The molecule has 0 fully saturated rings. The fourth-order valence-corrected chi connectivity index (χ4v) is 1.40. The van der Waals surface area contributed by atoms with Gasteiger partial charge in [0.05, 0.1) is 13.2 Å². The summed E-state index contributed by atoms with van der Waals surface area (Å²) in [4.78, 5) is 15.8. The fraction of sp³-hybridized carbons (Fsp3) is 0.600. The number of hydrogen-bond acceptors (Lipinski definition) is 4. The predicted octanol–water partition coefficient (Wildman–Crippen LogP) is -0.335. The lowest BCUT2D eigenvalue weighted by Crippen LogP contribution is -2.33. The summed E-state index contributed by atoms with van der Waals surface area (Å²) in [5, 5.41) is 2.77. The molecule has 0 aliphatic rings. The van der Waals surface area contributed by atoms with Crippen LogP contribution < -0.4 is 11.1 Å².